The standard InChI is InChI=1S/C24H21N5O2/c1-15-11-17(7-9-21(15)31-18-8-6-16(2)25-13-18)28-24-23-20(26-14-27-24)12-19(29-23)22-5-3-4-10-30-22/h4-14,29H,3H2,1-2H3,(H,26,27,28). The lowest BCUT2D eigenvalue weighted by Gasteiger charge is -2.12. The van der Waals surface area contributed by atoms with E-state index in [1.165, 1.54) is 0 Å². The van der Waals surface area contributed by atoms with Gasteiger partial charge >= 0.3 is 0 Å². The van der Waals surface area contributed by atoms with E-state index in [2.05, 4.69) is 25.3 Å². The number of aromatic nitrogens is 4. The van der Waals surface area contributed by atoms with Crippen LogP contribution in [0, 0.1) is 13.8 Å². The van der Waals surface area contributed by atoms with Crippen LogP contribution in [0.5, 0.6) is 11.5 Å². The molecule has 0 aliphatic carbocycles. The van der Waals surface area contributed by atoms with E-state index in [-0.39, 0.29) is 0 Å². The van der Waals surface area contributed by atoms with Crippen molar-refractivity contribution >= 4 is 28.3 Å². The van der Waals surface area contributed by atoms with E-state index < -0.39 is 0 Å². The van der Waals surface area contributed by atoms with Crippen LogP contribution in [-0.2, 0) is 4.74 Å². The Morgan fingerprint density at radius 3 is 2.77 bits per heavy atom. The summed E-state index contributed by atoms with van der Waals surface area (Å²) >= 11 is 0. The first kappa shape index (κ1) is 18.9. The Morgan fingerprint density at radius 1 is 1.06 bits per heavy atom. The van der Waals surface area contributed by atoms with Gasteiger partial charge in [-0.15, -0.1) is 0 Å². The van der Waals surface area contributed by atoms with Crippen molar-refractivity contribution in [3.8, 4) is 11.5 Å². The van der Waals surface area contributed by atoms with Crippen LogP contribution >= 0.6 is 0 Å². The Kier molecular flexibility index (Phi) is 4.84. The quantitative estimate of drug-likeness (QED) is 0.433. The Hall–Kier alpha value is -4.13. The number of anilines is 2. The summed E-state index contributed by atoms with van der Waals surface area (Å²) in [5.74, 6) is 2.97. The van der Waals surface area contributed by atoms with Crippen molar-refractivity contribution in [2.24, 2.45) is 0 Å². The van der Waals surface area contributed by atoms with Gasteiger partial charge in [0.2, 0.25) is 0 Å². The maximum atomic E-state index is 5.96. The lowest BCUT2D eigenvalue weighted by atomic mass is 10.2. The average Bonchev–Trinajstić information content (AvgIpc) is 3.23. The van der Waals surface area contributed by atoms with Crippen LogP contribution in [0.3, 0.4) is 0 Å². The van der Waals surface area contributed by atoms with Crippen LogP contribution in [0.4, 0.5) is 11.5 Å². The molecule has 0 saturated heterocycles. The van der Waals surface area contributed by atoms with E-state index in [0.29, 0.717) is 11.6 Å². The van der Waals surface area contributed by atoms with Crippen LogP contribution in [0.25, 0.3) is 16.8 Å². The summed E-state index contributed by atoms with van der Waals surface area (Å²) in [5.41, 5.74) is 5.36. The van der Waals surface area contributed by atoms with Crippen molar-refractivity contribution < 1.29 is 9.47 Å². The molecule has 1 aliphatic rings. The highest BCUT2D eigenvalue weighted by Crippen LogP contribution is 2.30. The molecule has 0 radical (unpaired) electrons. The number of allylic oxidation sites excluding steroid dienone is 2. The molecule has 1 aliphatic heterocycles. The fraction of sp³-hybridized carbons (Fsp3) is 0.125. The number of aromatic amines is 1. The first-order valence-corrected chi connectivity index (χ1v) is 10.00. The Balaban J connectivity index is 1.39. The molecule has 4 heterocycles. The average molecular weight is 411 g/mol. The van der Waals surface area contributed by atoms with E-state index in [0.717, 1.165) is 51.6 Å². The number of H-pyrrole nitrogens is 1. The topological polar surface area (TPSA) is 85.0 Å². The summed E-state index contributed by atoms with van der Waals surface area (Å²) in [6.07, 6.45) is 9.80. The second kappa shape index (κ2) is 7.95. The number of rotatable bonds is 5. The third-order valence-corrected chi connectivity index (χ3v) is 4.96. The molecule has 0 atom stereocenters. The molecule has 0 spiro atoms. The van der Waals surface area contributed by atoms with Gasteiger partial charge in [-0.3, -0.25) is 4.98 Å². The first-order chi connectivity index (χ1) is 15.2. The summed E-state index contributed by atoms with van der Waals surface area (Å²) in [4.78, 5) is 16.4. The van der Waals surface area contributed by atoms with Gasteiger partial charge in [-0.05, 0) is 74.4 Å². The Labute approximate surface area is 179 Å². The maximum absolute atomic E-state index is 5.96. The van der Waals surface area contributed by atoms with Crippen LogP contribution in [0.15, 0.2) is 67.3 Å². The first-order valence-electron chi connectivity index (χ1n) is 10.00. The lowest BCUT2D eigenvalue weighted by Crippen LogP contribution is -1.97. The van der Waals surface area contributed by atoms with Gasteiger partial charge in [0, 0.05) is 11.4 Å². The van der Waals surface area contributed by atoms with Gasteiger partial charge in [0.05, 0.1) is 23.7 Å². The molecule has 5 rings (SSSR count). The van der Waals surface area contributed by atoms with Crippen molar-refractivity contribution in [3.63, 3.8) is 0 Å². The Bertz CT molecular complexity index is 1310. The van der Waals surface area contributed by atoms with Crippen LogP contribution in [0.2, 0.25) is 0 Å². The number of hydrogen-bond acceptors (Lipinski definition) is 6. The lowest BCUT2D eigenvalue weighted by molar-refractivity contribution is 0.426. The monoisotopic (exact) mass is 411 g/mol. The van der Waals surface area contributed by atoms with E-state index in [1.807, 2.05) is 62.4 Å². The van der Waals surface area contributed by atoms with E-state index >= 15 is 0 Å². The van der Waals surface area contributed by atoms with Crippen molar-refractivity contribution in [1.29, 1.82) is 0 Å². The highest BCUT2D eigenvalue weighted by molar-refractivity contribution is 5.90. The highest BCUT2D eigenvalue weighted by atomic mass is 16.5. The van der Waals surface area contributed by atoms with Gasteiger partial charge in [-0.1, -0.05) is 0 Å². The number of hydrogen-bond donors (Lipinski definition) is 2. The Morgan fingerprint density at radius 2 is 2.00 bits per heavy atom. The number of aryl methyl sites for hydroxylation is 2. The zero-order chi connectivity index (χ0) is 21.2. The number of ether oxygens (including phenoxy) is 2. The van der Waals surface area contributed by atoms with E-state index in [4.69, 9.17) is 9.47 Å². The summed E-state index contributed by atoms with van der Waals surface area (Å²) in [6.45, 7) is 3.95. The second-order valence-corrected chi connectivity index (χ2v) is 7.30. The summed E-state index contributed by atoms with van der Waals surface area (Å²) in [5, 5.41) is 3.38. The zero-order valence-electron chi connectivity index (χ0n) is 17.2. The van der Waals surface area contributed by atoms with Crippen molar-refractivity contribution in [2.75, 3.05) is 5.32 Å². The fourth-order valence-corrected chi connectivity index (χ4v) is 3.36. The van der Waals surface area contributed by atoms with Gasteiger partial charge in [0.15, 0.2) is 5.82 Å². The van der Waals surface area contributed by atoms with Crippen LogP contribution < -0.4 is 10.1 Å². The van der Waals surface area contributed by atoms with Crippen molar-refractivity contribution in [1.82, 2.24) is 19.9 Å². The van der Waals surface area contributed by atoms with Crippen molar-refractivity contribution in [3.05, 3.63) is 84.3 Å². The minimum Gasteiger partial charge on any atom is -0.463 e. The molecule has 4 aromatic rings. The summed E-state index contributed by atoms with van der Waals surface area (Å²) in [6, 6.07) is 11.7. The molecular formula is C24H21N5O2. The fourth-order valence-electron chi connectivity index (χ4n) is 3.36. The van der Waals surface area contributed by atoms with Gasteiger partial charge in [-0.2, -0.15) is 0 Å². The van der Waals surface area contributed by atoms with Crippen LogP contribution in [-0.4, -0.2) is 19.9 Å². The number of nitrogens with zero attached hydrogens (tertiary/aromatic N) is 3. The van der Waals surface area contributed by atoms with E-state index in [1.54, 1.807) is 18.8 Å². The third kappa shape index (κ3) is 3.98. The van der Waals surface area contributed by atoms with Crippen LogP contribution in [0.1, 0.15) is 23.4 Å². The number of nitrogens with one attached hydrogen (secondary N) is 2. The second-order valence-electron chi connectivity index (χ2n) is 7.30. The predicted octanol–water partition coefficient (Wildman–Crippen LogP) is 5.78. The molecule has 7 heteroatoms. The smallest absolute Gasteiger partial charge is 0.158 e. The number of benzene rings is 1. The summed E-state index contributed by atoms with van der Waals surface area (Å²) in [7, 11) is 0. The highest BCUT2D eigenvalue weighted by Gasteiger charge is 2.13. The molecule has 2 N–H and O–H groups in total. The molecule has 7 nitrogen and oxygen atoms in total. The molecule has 154 valence electrons. The van der Waals surface area contributed by atoms with E-state index in [9.17, 15) is 0 Å². The molecule has 1 aromatic carbocycles. The molecule has 31 heavy (non-hydrogen) atoms. The number of fused-ring (bicyclic) bond motifs is 1. The van der Waals surface area contributed by atoms with Crippen molar-refractivity contribution in [2.45, 2.75) is 20.3 Å². The molecule has 0 amide bonds. The van der Waals surface area contributed by atoms with Gasteiger partial charge in [-0.25, -0.2) is 9.97 Å². The minimum absolute atomic E-state index is 0.694. The molecule has 0 bridgehead atoms. The number of pyridine rings is 1. The van der Waals surface area contributed by atoms with Gasteiger partial charge in [0.1, 0.15) is 29.1 Å². The SMILES string of the molecule is Cc1ccc(Oc2ccc(Nc3ncnc4cc(C5=CCC=CO5)[nH]c34)cc2C)cn1. The van der Waals surface area contributed by atoms with Gasteiger partial charge in [0.25, 0.3) is 0 Å². The molecule has 0 fully saturated rings. The maximum Gasteiger partial charge on any atom is 0.158 e. The largest absolute Gasteiger partial charge is 0.463 e. The van der Waals surface area contributed by atoms with Gasteiger partial charge < -0.3 is 19.8 Å². The molecule has 0 unspecified atom stereocenters. The molecular weight excluding hydrogens is 390 g/mol. The third-order valence-electron chi connectivity index (χ3n) is 4.96. The predicted molar refractivity (Wildman–Crippen MR) is 120 cm³/mol. The minimum atomic E-state index is 0.694. The molecule has 3 aromatic heterocycles. The molecule has 0 saturated carbocycles. The normalized spacial score (nSPS) is 13.0. The summed E-state index contributed by atoms with van der Waals surface area (Å²) < 4.78 is 11.6. The zero-order valence-corrected chi connectivity index (χ0v) is 17.2.